The van der Waals surface area contributed by atoms with Gasteiger partial charge < -0.3 is 20.1 Å². The summed E-state index contributed by atoms with van der Waals surface area (Å²) in [4.78, 5) is 21.0. The number of phenolic OH excluding ortho intramolecular Hbond substituents is 3. The molecule has 6 heteroatoms. The molecule has 1 aromatic rings. The lowest BCUT2D eigenvalue weighted by atomic mass is 10.2. The first kappa shape index (κ1) is 10.8. The van der Waals surface area contributed by atoms with Gasteiger partial charge in [-0.15, -0.1) is 0 Å². The summed E-state index contributed by atoms with van der Waals surface area (Å²) >= 11 is 0. The predicted octanol–water partition coefficient (Wildman–Crippen LogP) is 0.159. The van der Waals surface area contributed by atoms with Gasteiger partial charge in [0.1, 0.15) is 6.61 Å². The monoisotopic (exact) mass is 212 g/mol. The fourth-order valence-corrected chi connectivity index (χ4v) is 0.915. The molecule has 0 aliphatic rings. The Morgan fingerprint density at radius 1 is 1.27 bits per heavy atom. The summed E-state index contributed by atoms with van der Waals surface area (Å²) < 4.78 is 4.42. The van der Waals surface area contributed by atoms with Crippen molar-refractivity contribution in [2.45, 2.75) is 0 Å². The van der Waals surface area contributed by atoms with Crippen LogP contribution in [0, 0.1) is 0 Å². The molecule has 0 saturated heterocycles. The molecule has 0 aliphatic carbocycles. The van der Waals surface area contributed by atoms with Crippen molar-refractivity contribution >= 4 is 12.3 Å². The van der Waals surface area contributed by atoms with Gasteiger partial charge in [0.2, 0.25) is 0 Å². The van der Waals surface area contributed by atoms with Crippen LogP contribution >= 0.6 is 0 Å². The maximum absolute atomic E-state index is 11.1. The average Bonchev–Trinajstić information content (AvgIpc) is 2.21. The number of aromatic hydroxyl groups is 3. The van der Waals surface area contributed by atoms with Crippen LogP contribution in [0.3, 0.4) is 0 Å². The maximum Gasteiger partial charge on any atom is 0.338 e. The Kier molecular flexibility index (Phi) is 3.12. The maximum atomic E-state index is 11.1. The molecule has 0 spiro atoms. The van der Waals surface area contributed by atoms with Crippen LogP contribution in [-0.4, -0.2) is 34.2 Å². The molecule has 0 heterocycles. The van der Waals surface area contributed by atoms with Gasteiger partial charge >= 0.3 is 5.97 Å². The van der Waals surface area contributed by atoms with Gasteiger partial charge in [-0.25, -0.2) is 4.79 Å². The number of benzene rings is 1. The van der Waals surface area contributed by atoms with Crippen molar-refractivity contribution in [3.8, 4) is 17.2 Å². The third-order valence-corrected chi connectivity index (χ3v) is 1.59. The number of esters is 1. The van der Waals surface area contributed by atoms with E-state index in [4.69, 9.17) is 15.3 Å². The first-order valence-corrected chi connectivity index (χ1v) is 3.92. The van der Waals surface area contributed by atoms with Crippen molar-refractivity contribution in [1.82, 2.24) is 0 Å². The van der Waals surface area contributed by atoms with Gasteiger partial charge in [-0.2, -0.15) is 0 Å². The zero-order valence-corrected chi connectivity index (χ0v) is 7.51. The van der Waals surface area contributed by atoms with E-state index >= 15 is 0 Å². The van der Waals surface area contributed by atoms with Crippen LogP contribution in [0.2, 0.25) is 0 Å². The molecule has 0 bridgehead atoms. The van der Waals surface area contributed by atoms with Gasteiger partial charge in [-0.1, -0.05) is 0 Å². The standard InChI is InChI=1S/C9H8O6/c10-1-2-15-9(14)5-3-6(11)8(13)7(12)4-5/h1,3-4,11-13H,2H2. The molecule has 0 unspecified atom stereocenters. The van der Waals surface area contributed by atoms with E-state index in [1.54, 1.807) is 0 Å². The highest BCUT2D eigenvalue weighted by Crippen LogP contribution is 2.35. The average molecular weight is 212 g/mol. The SMILES string of the molecule is O=CCOC(=O)c1cc(O)c(O)c(O)c1. The summed E-state index contributed by atoms with van der Waals surface area (Å²) in [5, 5.41) is 27.1. The van der Waals surface area contributed by atoms with Crippen LogP contribution in [-0.2, 0) is 9.53 Å². The summed E-state index contributed by atoms with van der Waals surface area (Å²) in [5.74, 6) is -2.89. The third-order valence-electron chi connectivity index (χ3n) is 1.59. The third kappa shape index (κ3) is 2.37. The minimum atomic E-state index is -0.882. The van der Waals surface area contributed by atoms with E-state index in [1.165, 1.54) is 0 Å². The molecule has 6 nitrogen and oxygen atoms in total. The molecule has 0 saturated carbocycles. The second-order valence-electron chi connectivity index (χ2n) is 2.63. The predicted molar refractivity (Wildman–Crippen MR) is 47.8 cm³/mol. The molecule has 15 heavy (non-hydrogen) atoms. The van der Waals surface area contributed by atoms with Crippen LogP contribution in [0.5, 0.6) is 17.2 Å². The number of ether oxygens (including phenoxy) is 1. The number of carbonyl (C=O) groups is 2. The molecule has 3 N–H and O–H groups in total. The number of hydrogen-bond donors (Lipinski definition) is 3. The quantitative estimate of drug-likeness (QED) is 0.374. The molecule has 1 aromatic carbocycles. The minimum Gasteiger partial charge on any atom is -0.504 e. The second-order valence-corrected chi connectivity index (χ2v) is 2.63. The van der Waals surface area contributed by atoms with Gasteiger partial charge in [-0.05, 0) is 12.1 Å². The highest BCUT2D eigenvalue weighted by molar-refractivity contribution is 5.91. The zero-order valence-electron chi connectivity index (χ0n) is 7.51. The number of carbonyl (C=O) groups excluding carboxylic acids is 2. The summed E-state index contributed by atoms with van der Waals surface area (Å²) in [6.07, 6.45) is 0.387. The molecule has 0 aliphatic heterocycles. The Hall–Kier alpha value is -2.24. The summed E-state index contributed by atoms with van der Waals surface area (Å²) in [6.45, 7) is -0.415. The van der Waals surface area contributed by atoms with Crippen LogP contribution in [0.15, 0.2) is 12.1 Å². The molecule has 0 fully saturated rings. The van der Waals surface area contributed by atoms with Gasteiger partial charge in [0.05, 0.1) is 5.56 Å². The Bertz CT molecular complexity index is 375. The van der Waals surface area contributed by atoms with Crippen LogP contribution in [0.25, 0.3) is 0 Å². The van der Waals surface area contributed by atoms with Gasteiger partial charge in [-0.3, -0.25) is 4.79 Å². The highest BCUT2D eigenvalue weighted by atomic mass is 16.5. The molecular formula is C9H8O6. The molecule has 0 atom stereocenters. The van der Waals surface area contributed by atoms with Crippen LogP contribution < -0.4 is 0 Å². The fraction of sp³-hybridized carbons (Fsp3) is 0.111. The lowest BCUT2D eigenvalue weighted by Gasteiger charge is -2.04. The summed E-state index contributed by atoms with van der Waals surface area (Å²) in [5.41, 5.74) is -0.162. The van der Waals surface area contributed by atoms with Crippen molar-refractivity contribution in [3.63, 3.8) is 0 Å². The van der Waals surface area contributed by atoms with E-state index in [9.17, 15) is 9.59 Å². The minimum absolute atomic E-state index is 0.162. The Balaban J connectivity index is 2.95. The van der Waals surface area contributed by atoms with E-state index < -0.39 is 29.8 Å². The molecule has 80 valence electrons. The molecule has 0 radical (unpaired) electrons. The lowest BCUT2D eigenvalue weighted by molar-refractivity contribution is -0.110. The first-order chi connectivity index (χ1) is 7.06. The van der Waals surface area contributed by atoms with E-state index in [1.807, 2.05) is 0 Å². The van der Waals surface area contributed by atoms with Gasteiger partial charge in [0, 0.05) is 0 Å². The lowest BCUT2D eigenvalue weighted by Crippen LogP contribution is -2.06. The van der Waals surface area contributed by atoms with Crippen molar-refractivity contribution in [2.24, 2.45) is 0 Å². The van der Waals surface area contributed by atoms with E-state index in [2.05, 4.69) is 4.74 Å². The molecule has 1 rings (SSSR count). The second kappa shape index (κ2) is 4.32. The number of hydrogen-bond acceptors (Lipinski definition) is 6. The number of phenols is 3. The number of aldehydes is 1. The van der Waals surface area contributed by atoms with Crippen molar-refractivity contribution < 1.29 is 29.6 Å². The molecule has 0 amide bonds. The van der Waals surface area contributed by atoms with Crippen molar-refractivity contribution in [3.05, 3.63) is 17.7 Å². The number of rotatable bonds is 3. The Morgan fingerprint density at radius 3 is 2.27 bits per heavy atom. The largest absolute Gasteiger partial charge is 0.504 e. The highest BCUT2D eigenvalue weighted by Gasteiger charge is 2.14. The summed E-state index contributed by atoms with van der Waals surface area (Å²) in [6, 6.07) is 1.84. The Morgan fingerprint density at radius 2 is 1.80 bits per heavy atom. The van der Waals surface area contributed by atoms with Crippen molar-refractivity contribution in [2.75, 3.05) is 6.61 Å². The van der Waals surface area contributed by atoms with Gasteiger partial charge in [0.25, 0.3) is 0 Å². The van der Waals surface area contributed by atoms with Crippen LogP contribution in [0.1, 0.15) is 10.4 Å². The first-order valence-electron chi connectivity index (χ1n) is 3.92. The normalized spacial score (nSPS) is 9.60. The molecule has 0 aromatic heterocycles. The van der Waals surface area contributed by atoms with E-state index in [-0.39, 0.29) is 5.56 Å². The summed E-state index contributed by atoms with van der Waals surface area (Å²) in [7, 11) is 0. The zero-order chi connectivity index (χ0) is 11.4. The topological polar surface area (TPSA) is 104 Å². The van der Waals surface area contributed by atoms with Crippen molar-refractivity contribution in [1.29, 1.82) is 0 Å². The smallest absolute Gasteiger partial charge is 0.338 e. The fourth-order valence-electron chi connectivity index (χ4n) is 0.915. The van der Waals surface area contributed by atoms with E-state index in [0.29, 0.717) is 6.29 Å². The van der Waals surface area contributed by atoms with Crippen LogP contribution in [0.4, 0.5) is 0 Å². The molecular weight excluding hydrogens is 204 g/mol. The Labute approximate surface area is 84.3 Å². The van der Waals surface area contributed by atoms with Gasteiger partial charge in [0.15, 0.2) is 23.5 Å². The van der Waals surface area contributed by atoms with E-state index in [0.717, 1.165) is 12.1 Å².